The summed E-state index contributed by atoms with van der Waals surface area (Å²) >= 11 is 0. The molecule has 0 spiro atoms. The highest BCUT2D eigenvalue weighted by molar-refractivity contribution is 5.96. The van der Waals surface area contributed by atoms with Crippen molar-refractivity contribution in [2.75, 3.05) is 32.0 Å². The zero-order chi connectivity index (χ0) is 14.9. The molecule has 22 heavy (non-hydrogen) atoms. The van der Waals surface area contributed by atoms with E-state index in [0.717, 1.165) is 41.8 Å². The van der Waals surface area contributed by atoms with E-state index in [-0.39, 0.29) is 0 Å². The number of rotatable bonds is 4. The third-order valence-electron chi connectivity index (χ3n) is 4.70. The number of benzene rings is 2. The van der Waals surface area contributed by atoms with E-state index in [1.54, 1.807) is 0 Å². The number of nitrogens with zero attached hydrogens (tertiary/aromatic N) is 1. The number of likely N-dealkylation sites (tertiary alicyclic amines) is 1. The lowest BCUT2D eigenvalue weighted by Crippen LogP contribution is -2.44. The summed E-state index contributed by atoms with van der Waals surface area (Å²) in [4.78, 5) is 2.46. The number of hydrogen-bond donors (Lipinski definition) is 1. The van der Waals surface area contributed by atoms with E-state index in [2.05, 4.69) is 11.0 Å². The number of anilines is 1. The lowest BCUT2D eigenvalue weighted by Gasteiger charge is -2.31. The van der Waals surface area contributed by atoms with Crippen LogP contribution in [0.25, 0.3) is 10.8 Å². The van der Waals surface area contributed by atoms with Crippen molar-refractivity contribution in [2.24, 2.45) is 0 Å². The molecule has 0 radical (unpaired) electrons. The van der Waals surface area contributed by atoms with Gasteiger partial charge in [-0.3, -0.25) is 4.90 Å². The highest BCUT2D eigenvalue weighted by atomic mass is 16.5. The Morgan fingerprint density at radius 3 is 2.55 bits per heavy atom. The van der Waals surface area contributed by atoms with Gasteiger partial charge in [-0.2, -0.15) is 0 Å². The summed E-state index contributed by atoms with van der Waals surface area (Å²) in [7, 11) is 0. The van der Waals surface area contributed by atoms with Gasteiger partial charge in [0.05, 0.1) is 12.2 Å². The summed E-state index contributed by atoms with van der Waals surface area (Å²) < 4.78 is 11.9. The van der Waals surface area contributed by atoms with Crippen molar-refractivity contribution >= 4 is 16.5 Å². The fourth-order valence-corrected chi connectivity index (χ4v) is 3.59. The van der Waals surface area contributed by atoms with Crippen LogP contribution in [0.4, 0.5) is 5.69 Å². The van der Waals surface area contributed by atoms with Crippen LogP contribution in [0.15, 0.2) is 36.4 Å². The molecule has 4 heteroatoms. The largest absolute Gasteiger partial charge is 0.492 e. The van der Waals surface area contributed by atoms with Gasteiger partial charge in [-0.1, -0.05) is 24.3 Å². The maximum absolute atomic E-state index is 6.03. The lowest BCUT2D eigenvalue weighted by molar-refractivity contribution is -0.0408. The number of ether oxygens (including phenoxy) is 2. The van der Waals surface area contributed by atoms with E-state index >= 15 is 0 Å². The van der Waals surface area contributed by atoms with Crippen molar-refractivity contribution in [3.63, 3.8) is 0 Å². The van der Waals surface area contributed by atoms with E-state index in [1.807, 2.05) is 30.3 Å². The van der Waals surface area contributed by atoms with Crippen LogP contribution in [0.1, 0.15) is 12.8 Å². The van der Waals surface area contributed by atoms with E-state index in [4.69, 9.17) is 15.2 Å². The van der Waals surface area contributed by atoms with Gasteiger partial charge in [0.1, 0.15) is 12.4 Å². The Hall–Kier alpha value is -1.78. The second-order valence-corrected chi connectivity index (χ2v) is 6.26. The summed E-state index contributed by atoms with van der Waals surface area (Å²) in [5, 5.41) is 2.15. The maximum Gasteiger partial charge on any atom is 0.127 e. The van der Waals surface area contributed by atoms with Gasteiger partial charge in [-0.05, 0) is 25.0 Å². The Bertz CT molecular complexity index is 661. The third-order valence-corrected chi connectivity index (χ3v) is 4.70. The third kappa shape index (κ3) is 2.64. The van der Waals surface area contributed by atoms with Crippen LogP contribution in [0.2, 0.25) is 0 Å². The van der Waals surface area contributed by atoms with Crippen LogP contribution < -0.4 is 10.5 Å². The molecular weight excluding hydrogens is 276 g/mol. The average Bonchev–Trinajstić information content (AvgIpc) is 2.89. The maximum atomic E-state index is 6.03. The highest BCUT2D eigenvalue weighted by Crippen LogP contribution is 2.30. The number of hydrogen-bond acceptors (Lipinski definition) is 4. The first-order valence-electron chi connectivity index (χ1n) is 8.07. The molecule has 116 valence electrons. The predicted molar refractivity (Wildman–Crippen MR) is 88.2 cm³/mol. The molecule has 2 aliphatic heterocycles. The minimum absolute atomic E-state index is 0.441. The fraction of sp³-hybridized carbons (Fsp3) is 0.444. The molecule has 2 saturated heterocycles. The summed E-state index contributed by atoms with van der Waals surface area (Å²) in [6.45, 7) is 3.74. The summed E-state index contributed by atoms with van der Waals surface area (Å²) in [5.41, 5.74) is 6.83. The summed E-state index contributed by atoms with van der Waals surface area (Å²) in [6.07, 6.45) is 3.31. The molecule has 4 nitrogen and oxygen atoms in total. The Morgan fingerprint density at radius 2 is 1.77 bits per heavy atom. The molecule has 2 aliphatic rings. The van der Waals surface area contributed by atoms with Crippen LogP contribution >= 0.6 is 0 Å². The van der Waals surface area contributed by atoms with Gasteiger partial charge < -0.3 is 15.2 Å². The first kappa shape index (κ1) is 13.9. The molecule has 2 unspecified atom stereocenters. The van der Waals surface area contributed by atoms with Gasteiger partial charge in [0.25, 0.3) is 0 Å². The van der Waals surface area contributed by atoms with Gasteiger partial charge in [-0.15, -0.1) is 0 Å². The molecule has 0 amide bonds. The Kier molecular flexibility index (Phi) is 3.64. The zero-order valence-corrected chi connectivity index (χ0v) is 12.7. The molecule has 2 aromatic rings. The van der Waals surface area contributed by atoms with Crippen molar-refractivity contribution in [3.8, 4) is 5.75 Å². The second-order valence-electron chi connectivity index (χ2n) is 6.26. The molecule has 0 aliphatic carbocycles. The van der Waals surface area contributed by atoms with E-state index in [0.29, 0.717) is 18.8 Å². The summed E-state index contributed by atoms with van der Waals surface area (Å²) in [6, 6.07) is 12.0. The fourth-order valence-electron chi connectivity index (χ4n) is 3.59. The quantitative estimate of drug-likeness (QED) is 0.882. The van der Waals surface area contributed by atoms with Gasteiger partial charge in [0, 0.05) is 36.1 Å². The van der Waals surface area contributed by atoms with Crippen LogP contribution in [0.5, 0.6) is 5.75 Å². The SMILES string of the molecule is Nc1ccc(OCCN2CC3CCC(C2)O3)c2ccccc12. The average molecular weight is 298 g/mol. The normalized spacial score (nSPS) is 24.7. The number of morpholine rings is 1. The van der Waals surface area contributed by atoms with Gasteiger partial charge in [0.15, 0.2) is 0 Å². The molecule has 0 saturated carbocycles. The van der Waals surface area contributed by atoms with Crippen molar-refractivity contribution in [2.45, 2.75) is 25.0 Å². The monoisotopic (exact) mass is 298 g/mol. The molecule has 2 aromatic carbocycles. The lowest BCUT2D eigenvalue weighted by atomic mass is 10.1. The minimum atomic E-state index is 0.441. The van der Waals surface area contributed by atoms with Gasteiger partial charge in [0.2, 0.25) is 0 Å². The first-order chi connectivity index (χ1) is 10.8. The van der Waals surface area contributed by atoms with Crippen molar-refractivity contribution in [3.05, 3.63) is 36.4 Å². The molecular formula is C18H22N2O2. The van der Waals surface area contributed by atoms with E-state index < -0.39 is 0 Å². The van der Waals surface area contributed by atoms with E-state index in [1.165, 1.54) is 12.8 Å². The highest BCUT2D eigenvalue weighted by Gasteiger charge is 2.33. The van der Waals surface area contributed by atoms with Crippen LogP contribution in [-0.2, 0) is 4.74 Å². The van der Waals surface area contributed by atoms with Crippen molar-refractivity contribution in [1.29, 1.82) is 0 Å². The van der Waals surface area contributed by atoms with E-state index in [9.17, 15) is 0 Å². The minimum Gasteiger partial charge on any atom is -0.492 e. The second kappa shape index (κ2) is 5.78. The number of fused-ring (bicyclic) bond motifs is 3. The standard InChI is InChI=1S/C18H22N2O2/c19-17-7-8-18(16-4-2-1-3-15(16)17)21-10-9-20-11-13-5-6-14(12-20)22-13/h1-4,7-8,13-14H,5-6,9-12,19H2. The van der Waals surface area contributed by atoms with Crippen LogP contribution in [-0.4, -0.2) is 43.3 Å². The summed E-state index contributed by atoms with van der Waals surface area (Å²) in [5.74, 6) is 0.918. The van der Waals surface area contributed by atoms with Gasteiger partial charge >= 0.3 is 0 Å². The molecule has 2 atom stereocenters. The number of nitrogen functional groups attached to an aromatic ring is 1. The molecule has 2 fully saturated rings. The van der Waals surface area contributed by atoms with Crippen molar-refractivity contribution in [1.82, 2.24) is 4.90 Å². The topological polar surface area (TPSA) is 47.7 Å². The zero-order valence-electron chi connectivity index (χ0n) is 12.7. The smallest absolute Gasteiger partial charge is 0.127 e. The molecule has 2 N–H and O–H groups in total. The van der Waals surface area contributed by atoms with Gasteiger partial charge in [-0.25, -0.2) is 0 Å². The van der Waals surface area contributed by atoms with Crippen LogP contribution in [0, 0.1) is 0 Å². The molecule has 0 aromatic heterocycles. The van der Waals surface area contributed by atoms with Crippen molar-refractivity contribution < 1.29 is 9.47 Å². The Balaban J connectivity index is 1.41. The number of nitrogens with two attached hydrogens (primary N) is 1. The molecule has 2 bridgehead atoms. The Morgan fingerprint density at radius 1 is 1.05 bits per heavy atom. The molecule has 4 rings (SSSR count). The first-order valence-corrected chi connectivity index (χ1v) is 8.07. The Labute approximate surface area is 130 Å². The van der Waals surface area contributed by atoms with Crippen LogP contribution in [0.3, 0.4) is 0 Å². The predicted octanol–water partition coefficient (Wildman–Crippen LogP) is 2.66. The molecule has 2 heterocycles.